The third kappa shape index (κ3) is 7.70. The van der Waals surface area contributed by atoms with Gasteiger partial charge in [0, 0.05) is 70.0 Å². The fourth-order valence-corrected chi connectivity index (χ4v) is 8.81. The maximum Gasteiger partial charge on any atom is 0.410 e. The van der Waals surface area contributed by atoms with Crippen molar-refractivity contribution in [1.82, 2.24) is 24.2 Å². The van der Waals surface area contributed by atoms with Gasteiger partial charge in [-0.2, -0.15) is 0 Å². The summed E-state index contributed by atoms with van der Waals surface area (Å²) in [7, 11) is 1.77. The average molecular weight is 711 g/mol. The number of rotatable bonds is 6. The fourth-order valence-electron chi connectivity index (χ4n) is 8.81. The van der Waals surface area contributed by atoms with Gasteiger partial charge in [0.2, 0.25) is 0 Å². The molecule has 4 aliphatic rings. The minimum atomic E-state index is -0.975. The molecule has 0 aliphatic carbocycles. The highest BCUT2D eigenvalue weighted by Gasteiger charge is 2.37. The number of aryl methyl sites for hydroxylation is 2. The SMILES string of the molecule is Cc1cc(C[C@@H](OC(=O)N2CCC(N3CCc4ccccc4NC3=O)CC2)C(=O)N2CCC(N3CCC(C)(C)CC3)CC2)cc2ccc(=O)n(C)c12. The summed E-state index contributed by atoms with van der Waals surface area (Å²) in [5, 5.41) is 3.97. The zero-order valence-electron chi connectivity index (χ0n) is 31.2. The number of aromatic nitrogens is 1. The van der Waals surface area contributed by atoms with Crippen molar-refractivity contribution in [3.63, 3.8) is 0 Å². The number of hydrogen-bond donors (Lipinski definition) is 1. The van der Waals surface area contributed by atoms with Crippen LogP contribution >= 0.6 is 0 Å². The normalized spacial score (nSPS) is 21.0. The Morgan fingerprint density at radius 1 is 0.865 bits per heavy atom. The van der Waals surface area contributed by atoms with E-state index in [1.807, 2.05) is 53.1 Å². The Labute approximate surface area is 306 Å². The molecule has 3 saturated heterocycles. The molecule has 3 fully saturated rings. The molecular formula is C41H54N6O5. The molecule has 0 radical (unpaired) electrons. The van der Waals surface area contributed by atoms with Gasteiger partial charge < -0.3 is 34.2 Å². The van der Waals surface area contributed by atoms with E-state index >= 15 is 0 Å². The predicted octanol–water partition coefficient (Wildman–Crippen LogP) is 5.56. The smallest absolute Gasteiger partial charge is 0.410 e. The van der Waals surface area contributed by atoms with Gasteiger partial charge in [0.1, 0.15) is 0 Å². The summed E-state index contributed by atoms with van der Waals surface area (Å²) in [5.74, 6) is -0.152. The number of piperidine rings is 3. The zero-order valence-corrected chi connectivity index (χ0v) is 31.2. The molecule has 0 saturated carbocycles. The molecule has 11 nitrogen and oxygen atoms in total. The maximum absolute atomic E-state index is 14.3. The first-order valence-corrected chi connectivity index (χ1v) is 19.2. The second-order valence-corrected chi connectivity index (χ2v) is 16.2. The molecule has 1 aromatic heterocycles. The first kappa shape index (κ1) is 36.0. The summed E-state index contributed by atoms with van der Waals surface area (Å²) in [6.45, 7) is 11.7. The van der Waals surface area contributed by atoms with Crippen LogP contribution in [0.5, 0.6) is 0 Å². The zero-order chi connectivity index (χ0) is 36.6. The van der Waals surface area contributed by atoms with Crippen molar-refractivity contribution in [2.45, 2.75) is 90.3 Å². The fraction of sp³-hybridized carbons (Fsp3) is 0.561. The molecule has 1 N–H and O–H groups in total. The second-order valence-electron chi connectivity index (χ2n) is 16.2. The molecule has 4 aliphatic heterocycles. The van der Waals surface area contributed by atoms with Crippen molar-refractivity contribution in [3.8, 4) is 0 Å². The standard InChI is InChI=1S/C41H54N6O5/c1-28-25-29(26-31-9-10-36(48)43(4)37(28)31)27-35(38(49)45-18-12-32(13-19-45)44-23-16-41(2,3)17-24-44)52-40(51)46-20-14-33(15-21-46)47-22-11-30-7-5-6-8-34(30)42-39(47)50/h5-10,25-26,32-33,35H,11-24,27H2,1-4H3,(H,42,50)/t35-/m1/s1. The van der Waals surface area contributed by atoms with Crippen molar-refractivity contribution in [2.75, 3.05) is 51.1 Å². The lowest BCUT2D eigenvalue weighted by atomic mass is 9.82. The Balaban J connectivity index is 1.03. The molecule has 52 heavy (non-hydrogen) atoms. The van der Waals surface area contributed by atoms with Gasteiger partial charge >= 0.3 is 12.1 Å². The monoisotopic (exact) mass is 710 g/mol. The van der Waals surface area contributed by atoms with Gasteiger partial charge in [-0.1, -0.05) is 38.1 Å². The number of para-hydroxylation sites is 1. The summed E-state index contributed by atoms with van der Waals surface area (Å²) in [5.41, 5.74) is 4.96. The quantitative estimate of drug-likeness (QED) is 0.359. The van der Waals surface area contributed by atoms with E-state index in [9.17, 15) is 19.2 Å². The molecule has 1 atom stereocenters. The van der Waals surface area contributed by atoms with Crippen molar-refractivity contribution in [2.24, 2.45) is 12.5 Å². The molecule has 0 spiro atoms. The average Bonchev–Trinajstić information content (AvgIpc) is 3.30. The van der Waals surface area contributed by atoms with Crippen LogP contribution in [0, 0.1) is 12.3 Å². The second kappa shape index (κ2) is 14.9. The summed E-state index contributed by atoms with van der Waals surface area (Å²) in [4.78, 5) is 61.7. The van der Waals surface area contributed by atoms with Crippen LogP contribution in [0.2, 0.25) is 0 Å². The van der Waals surface area contributed by atoms with Crippen molar-refractivity contribution in [1.29, 1.82) is 0 Å². The van der Waals surface area contributed by atoms with Crippen molar-refractivity contribution >= 4 is 34.6 Å². The maximum atomic E-state index is 14.3. The third-order valence-corrected chi connectivity index (χ3v) is 12.2. The first-order chi connectivity index (χ1) is 25.0. The molecule has 2 aromatic carbocycles. The number of fused-ring (bicyclic) bond motifs is 2. The molecule has 3 aromatic rings. The number of hydrogen-bond acceptors (Lipinski definition) is 6. The Kier molecular flexibility index (Phi) is 10.3. The lowest BCUT2D eigenvalue weighted by molar-refractivity contribution is -0.142. The predicted molar refractivity (Wildman–Crippen MR) is 203 cm³/mol. The molecule has 7 rings (SSSR count). The Hall–Kier alpha value is -4.38. The highest BCUT2D eigenvalue weighted by molar-refractivity contribution is 5.91. The number of amides is 4. The molecule has 278 valence electrons. The number of urea groups is 1. The van der Waals surface area contributed by atoms with Gasteiger partial charge in [-0.15, -0.1) is 0 Å². The van der Waals surface area contributed by atoms with Crippen LogP contribution in [0.1, 0.15) is 69.1 Å². The Morgan fingerprint density at radius 2 is 1.54 bits per heavy atom. The van der Waals surface area contributed by atoms with Crippen LogP contribution in [0.3, 0.4) is 0 Å². The van der Waals surface area contributed by atoms with Gasteiger partial charge in [-0.05, 0) is 111 Å². The lowest BCUT2D eigenvalue weighted by Crippen LogP contribution is -2.53. The number of carbonyl (C=O) groups excluding carboxylic acids is 3. The molecule has 5 heterocycles. The molecule has 0 bridgehead atoms. The van der Waals surface area contributed by atoms with E-state index in [-0.39, 0.29) is 30.0 Å². The van der Waals surface area contributed by atoms with E-state index in [4.69, 9.17) is 4.74 Å². The number of nitrogens with one attached hydrogen (secondary N) is 1. The summed E-state index contributed by atoms with van der Waals surface area (Å²) in [6, 6.07) is 15.7. The Bertz CT molecular complexity index is 1860. The summed E-state index contributed by atoms with van der Waals surface area (Å²) in [6.07, 6.45) is 5.06. The van der Waals surface area contributed by atoms with Crippen LogP contribution in [0.25, 0.3) is 10.9 Å². The van der Waals surface area contributed by atoms with Gasteiger partial charge in [-0.25, -0.2) is 9.59 Å². The summed E-state index contributed by atoms with van der Waals surface area (Å²) < 4.78 is 7.81. The molecule has 0 unspecified atom stereocenters. The van der Waals surface area contributed by atoms with Crippen molar-refractivity contribution < 1.29 is 19.1 Å². The minimum Gasteiger partial charge on any atom is -0.436 e. The Morgan fingerprint density at radius 3 is 2.27 bits per heavy atom. The van der Waals surface area contributed by atoms with Crippen molar-refractivity contribution in [3.05, 3.63) is 75.6 Å². The van der Waals surface area contributed by atoms with Crippen LogP contribution in [0.4, 0.5) is 15.3 Å². The highest BCUT2D eigenvalue weighted by Crippen LogP contribution is 2.33. The number of ether oxygens (including phenoxy) is 1. The lowest BCUT2D eigenvalue weighted by Gasteiger charge is -2.44. The number of likely N-dealkylation sites (tertiary alicyclic amines) is 3. The highest BCUT2D eigenvalue weighted by atomic mass is 16.6. The number of pyridine rings is 1. The van der Waals surface area contributed by atoms with Gasteiger partial charge in [0.15, 0.2) is 6.10 Å². The minimum absolute atomic E-state index is 0.0135. The van der Waals surface area contributed by atoms with E-state index in [1.165, 1.54) is 12.8 Å². The molecule has 4 amide bonds. The summed E-state index contributed by atoms with van der Waals surface area (Å²) >= 11 is 0. The van der Waals surface area contributed by atoms with E-state index in [0.29, 0.717) is 57.0 Å². The van der Waals surface area contributed by atoms with E-state index in [1.54, 1.807) is 22.6 Å². The number of nitrogens with zero attached hydrogens (tertiary/aromatic N) is 5. The van der Waals surface area contributed by atoms with Crippen LogP contribution in [-0.2, 0) is 29.4 Å². The largest absolute Gasteiger partial charge is 0.436 e. The number of carbonyl (C=O) groups is 3. The topological polar surface area (TPSA) is 107 Å². The van der Waals surface area contributed by atoms with E-state index in [0.717, 1.165) is 65.6 Å². The molecular weight excluding hydrogens is 656 g/mol. The van der Waals surface area contributed by atoms with Crippen LogP contribution < -0.4 is 10.9 Å². The van der Waals surface area contributed by atoms with Crippen LogP contribution in [-0.4, -0.2) is 106 Å². The van der Waals surface area contributed by atoms with Gasteiger partial charge in [0.05, 0.1) is 5.52 Å². The van der Waals surface area contributed by atoms with Gasteiger partial charge in [-0.3, -0.25) is 9.59 Å². The van der Waals surface area contributed by atoms with Gasteiger partial charge in [0.25, 0.3) is 11.5 Å². The van der Waals surface area contributed by atoms with E-state index in [2.05, 4.69) is 30.1 Å². The third-order valence-electron chi connectivity index (χ3n) is 12.2. The molecule has 11 heteroatoms. The van der Waals surface area contributed by atoms with Crippen LogP contribution in [0.15, 0.2) is 53.3 Å². The van der Waals surface area contributed by atoms with E-state index < -0.39 is 12.2 Å². The number of benzene rings is 2. The first-order valence-electron chi connectivity index (χ1n) is 19.2. The number of anilines is 1.